The van der Waals surface area contributed by atoms with E-state index in [4.69, 9.17) is 14.2 Å². The van der Waals surface area contributed by atoms with Gasteiger partial charge in [0, 0.05) is 18.5 Å². The van der Waals surface area contributed by atoms with Gasteiger partial charge in [-0.15, -0.1) is 0 Å². The molecule has 2 aromatic rings. The van der Waals surface area contributed by atoms with Gasteiger partial charge in [-0.05, 0) is 24.1 Å². The van der Waals surface area contributed by atoms with Gasteiger partial charge in [0.1, 0.15) is 0 Å². The van der Waals surface area contributed by atoms with Crippen molar-refractivity contribution in [1.29, 1.82) is 0 Å². The standard InChI is InChI=1S/C19H23NO4/c1-22-16-11-10-15(18(23-2)19(16)24-3)13-20-17(21)12-9-14-7-5-4-6-8-14/h4-8,10-11H,9,12-13H2,1-3H3,(H,20,21). The SMILES string of the molecule is COc1ccc(CNC(=O)CCc2ccccc2)c(OC)c1OC. The molecule has 0 saturated carbocycles. The van der Waals surface area contributed by atoms with Crippen LogP contribution >= 0.6 is 0 Å². The number of amides is 1. The lowest BCUT2D eigenvalue weighted by molar-refractivity contribution is -0.121. The predicted molar refractivity (Wildman–Crippen MR) is 92.7 cm³/mol. The molecule has 5 heteroatoms. The van der Waals surface area contributed by atoms with E-state index in [1.807, 2.05) is 36.4 Å². The third-order valence-corrected chi connectivity index (χ3v) is 3.75. The van der Waals surface area contributed by atoms with Crippen LogP contribution < -0.4 is 19.5 Å². The third kappa shape index (κ3) is 4.41. The van der Waals surface area contributed by atoms with Crippen LogP contribution in [-0.4, -0.2) is 27.2 Å². The Balaban J connectivity index is 1.97. The molecule has 1 amide bonds. The minimum absolute atomic E-state index is 0.00399. The molecule has 0 spiro atoms. The zero-order valence-electron chi connectivity index (χ0n) is 14.3. The molecule has 0 unspecified atom stereocenters. The molecule has 2 aromatic carbocycles. The minimum Gasteiger partial charge on any atom is -0.493 e. The lowest BCUT2D eigenvalue weighted by Gasteiger charge is -2.16. The van der Waals surface area contributed by atoms with Crippen LogP contribution in [0.4, 0.5) is 0 Å². The molecule has 128 valence electrons. The Morgan fingerprint density at radius 1 is 0.917 bits per heavy atom. The van der Waals surface area contributed by atoms with E-state index in [0.717, 1.165) is 17.5 Å². The Hall–Kier alpha value is -2.69. The number of carbonyl (C=O) groups is 1. The van der Waals surface area contributed by atoms with Gasteiger partial charge in [0.2, 0.25) is 11.7 Å². The maximum absolute atomic E-state index is 12.1. The van der Waals surface area contributed by atoms with Crippen LogP contribution in [0.2, 0.25) is 0 Å². The van der Waals surface area contributed by atoms with Gasteiger partial charge in [-0.3, -0.25) is 4.79 Å². The summed E-state index contributed by atoms with van der Waals surface area (Å²) in [5.41, 5.74) is 1.99. The van der Waals surface area contributed by atoms with Gasteiger partial charge in [0.15, 0.2) is 11.5 Å². The molecule has 24 heavy (non-hydrogen) atoms. The highest BCUT2D eigenvalue weighted by Gasteiger charge is 2.16. The molecule has 2 rings (SSSR count). The van der Waals surface area contributed by atoms with Crippen molar-refractivity contribution < 1.29 is 19.0 Å². The zero-order chi connectivity index (χ0) is 17.4. The number of rotatable bonds is 8. The molecule has 0 fully saturated rings. The summed E-state index contributed by atoms with van der Waals surface area (Å²) in [6, 6.07) is 13.6. The fraction of sp³-hybridized carbons (Fsp3) is 0.316. The van der Waals surface area contributed by atoms with E-state index in [1.165, 1.54) is 0 Å². The van der Waals surface area contributed by atoms with Crippen molar-refractivity contribution in [3.05, 3.63) is 53.6 Å². The first-order chi connectivity index (χ1) is 11.7. The normalized spacial score (nSPS) is 10.1. The third-order valence-electron chi connectivity index (χ3n) is 3.75. The van der Waals surface area contributed by atoms with Crippen molar-refractivity contribution in [3.8, 4) is 17.2 Å². The Morgan fingerprint density at radius 3 is 2.25 bits per heavy atom. The largest absolute Gasteiger partial charge is 0.493 e. The van der Waals surface area contributed by atoms with Crippen molar-refractivity contribution in [2.24, 2.45) is 0 Å². The summed E-state index contributed by atoms with van der Waals surface area (Å²) in [6.07, 6.45) is 1.16. The summed E-state index contributed by atoms with van der Waals surface area (Å²) in [6.45, 7) is 0.372. The molecule has 0 bridgehead atoms. The summed E-state index contributed by atoms with van der Waals surface area (Å²) in [5.74, 6) is 1.68. The van der Waals surface area contributed by atoms with Crippen LogP contribution in [0, 0.1) is 0 Å². The average molecular weight is 329 g/mol. The molecule has 5 nitrogen and oxygen atoms in total. The number of aryl methyl sites for hydroxylation is 1. The second kappa shape index (κ2) is 8.82. The summed E-state index contributed by atoms with van der Waals surface area (Å²) in [4.78, 5) is 12.1. The highest BCUT2D eigenvalue weighted by atomic mass is 16.5. The minimum atomic E-state index is -0.00399. The Morgan fingerprint density at radius 2 is 1.62 bits per heavy atom. The number of methoxy groups -OCH3 is 3. The molecule has 0 aliphatic rings. The van der Waals surface area contributed by atoms with Gasteiger partial charge in [-0.25, -0.2) is 0 Å². The van der Waals surface area contributed by atoms with Gasteiger partial charge in [-0.2, -0.15) is 0 Å². The van der Waals surface area contributed by atoms with E-state index < -0.39 is 0 Å². The van der Waals surface area contributed by atoms with Gasteiger partial charge < -0.3 is 19.5 Å². The van der Waals surface area contributed by atoms with Gasteiger partial charge in [0.25, 0.3) is 0 Å². The molecule has 0 aliphatic heterocycles. The van der Waals surface area contributed by atoms with E-state index in [-0.39, 0.29) is 5.91 Å². The first kappa shape index (κ1) is 17.7. The zero-order valence-corrected chi connectivity index (χ0v) is 14.3. The Kier molecular flexibility index (Phi) is 6.49. The summed E-state index contributed by atoms with van der Waals surface area (Å²) < 4.78 is 16.0. The lowest BCUT2D eigenvalue weighted by Crippen LogP contribution is -2.23. The molecular weight excluding hydrogens is 306 g/mol. The van der Waals surface area contributed by atoms with Crippen molar-refractivity contribution in [3.63, 3.8) is 0 Å². The van der Waals surface area contributed by atoms with Crippen molar-refractivity contribution in [2.75, 3.05) is 21.3 Å². The maximum atomic E-state index is 12.1. The van der Waals surface area contributed by atoms with E-state index in [0.29, 0.717) is 30.2 Å². The van der Waals surface area contributed by atoms with Crippen molar-refractivity contribution in [1.82, 2.24) is 5.32 Å². The smallest absolute Gasteiger partial charge is 0.220 e. The van der Waals surface area contributed by atoms with E-state index in [9.17, 15) is 4.79 Å². The van der Waals surface area contributed by atoms with E-state index in [2.05, 4.69) is 5.32 Å². The maximum Gasteiger partial charge on any atom is 0.220 e. The summed E-state index contributed by atoms with van der Waals surface area (Å²) in [7, 11) is 4.70. The van der Waals surface area contributed by atoms with Crippen LogP contribution in [0.3, 0.4) is 0 Å². The van der Waals surface area contributed by atoms with Crippen LogP contribution in [-0.2, 0) is 17.8 Å². The topological polar surface area (TPSA) is 56.8 Å². The fourth-order valence-electron chi connectivity index (χ4n) is 2.49. The number of nitrogens with one attached hydrogen (secondary N) is 1. The summed E-state index contributed by atoms with van der Waals surface area (Å²) in [5, 5.41) is 2.92. The van der Waals surface area contributed by atoms with Crippen LogP contribution in [0.25, 0.3) is 0 Å². The molecule has 1 N–H and O–H groups in total. The quantitative estimate of drug-likeness (QED) is 0.809. The molecule has 0 aliphatic carbocycles. The Bertz CT molecular complexity index is 671. The first-order valence-corrected chi connectivity index (χ1v) is 7.78. The number of hydrogen-bond donors (Lipinski definition) is 1. The fourth-order valence-corrected chi connectivity index (χ4v) is 2.49. The van der Waals surface area contributed by atoms with Crippen LogP contribution in [0.15, 0.2) is 42.5 Å². The van der Waals surface area contributed by atoms with E-state index in [1.54, 1.807) is 27.4 Å². The molecule has 0 saturated heterocycles. The van der Waals surface area contributed by atoms with Gasteiger partial charge in [0.05, 0.1) is 21.3 Å². The highest BCUT2D eigenvalue weighted by Crippen LogP contribution is 2.39. The molecule has 0 atom stereocenters. The average Bonchev–Trinajstić information content (AvgIpc) is 2.64. The number of benzene rings is 2. The molecule has 0 aromatic heterocycles. The second-order valence-corrected chi connectivity index (χ2v) is 5.26. The lowest BCUT2D eigenvalue weighted by atomic mass is 10.1. The first-order valence-electron chi connectivity index (χ1n) is 7.78. The molecule has 0 heterocycles. The molecule has 0 radical (unpaired) electrons. The highest BCUT2D eigenvalue weighted by molar-refractivity contribution is 5.76. The monoisotopic (exact) mass is 329 g/mol. The van der Waals surface area contributed by atoms with Gasteiger partial charge >= 0.3 is 0 Å². The summed E-state index contributed by atoms with van der Waals surface area (Å²) >= 11 is 0. The molecular formula is C19H23NO4. The predicted octanol–water partition coefficient (Wildman–Crippen LogP) is 2.96. The number of hydrogen-bond acceptors (Lipinski definition) is 4. The Labute approximate surface area is 142 Å². The number of carbonyl (C=O) groups excluding carboxylic acids is 1. The van der Waals surface area contributed by atoms with Crippen molar-refractivity contribution in [2.45, 2.75) is 19.4 Å². The van der Waals surface area contributed by atoms with Crippen molar-refractivity contribution >= 4 is 5.91 Å². The van der Waals surface area contributed by atoms with Gasteiger partial charge in [-0.1, -0.05) is 30.3 Å². The number of ether oxygens (including phenoxy) is 3. The van der Waals surface area contributed by atoms with E-state index >= 15 is 0 Å². The van der Waals surface area contributed by atoms with Crippen LogP contribution in [0.5, 0.6) is 17.2 Å². The van der Waals surface area contributed by atoms with Crippen LogP contribution in [0.1, 0.15) is 17.5 Å². The second-order valence-electron chi connectivity index (χ2n) is 5.26.